The summed E-state index contributed by atoms with van der Waals surface area (Å²) >= 11 is 0. The predicted molar refractivity (Wildman–Crippen MR) is 82.3 cm³/mol. The molecule has 0 amide bonds. The highest BCUT2D eigenvalue weighted by atomic mass is 16.5. The van der Waals surface area contributed by atoms with Gasteiger partial charge in [-0.2, -0.15) is 0 Å². The minimum Gasteiger partial charge on any atom is -0.379 e. The smallest absolute Gasteiger partial charge is 0.0575 e. The van der Waals surface area contributed by atoms with Crippen LogP contribution >= 0.6 is 0 Å². The minimum atomic E-state index is 0.574. The molecule has 1 heteroatoms. The Kier molecular flexibility index (Phi) is 6.43. The molecule has 110 valence electrons. The molecule has 2 rings (SSSR count). The first-order valence-corrected chi connectivity index (χ1v) is 8.61. The van der Waals surface area contributed by atoms with E-state index in [9.17, 15) is 0 Å². The van der Waals surface area contributed by atoms with E-state index in [1.807, 2.05) is 0 Å². The molecule has 0 spiro atoms. The first kappa shape index (κ1) is 15.1. The van der Waals surface area contributed by atoms with Crippen LogP contribution in [0.25, 0.3) is 0 Å². The maximum atomic E-state index is 5.77. The molecule has 1 nitrogen and oxygen atoms in total. The van der Waals surface area contributed by atoms with Gasteiger partial charge in [0, 0.05) is 6.61 Å². The molecule has 2 aliphatic carbocycles. The molecule has 0 aromatic rings. The highest BCUT2D eigenvalue weighted by molar-refractivity contribution is 4.92. The van der Waals surface area contributed by atoms with E-state index in [-0.39, 0.29) is 0 Å². The average Bonchev–Trinajstić information content (AvgIpc) is 2.47. The number of hydrogen-bond acceptors (Lipinski definition) is 1. The summed E-state index contributed by atoms with van der Waals surface area (Å²) in [6.07, 6.45) is 17.9. The van der Waals surface area contributed by atoms with Gasteiger partial charge in [-0.05, 0) is 82.5 Å². The fraction of sp³-hybridized carbons (Fsp3) is 0.889. The Morgan fingerprint density at radius 2 is 1.42 bits per heavy atom. The third-order valence-corrected chi connectivity index (χ3v) is 5.25. The summed E-state index contributed by atoms with van der Waals surface area (Å²) in [5.74, 6) is 2.91. The van der Waals surface area contributed by atoms with Gasteiger partial charge in [0.15, 0.2) is 0 Å². The first-order chi connectivity index (χ1) is 9.33. The van der Waals surface area contributed by atoms with E-state index in [2.05, 4.69) is 26.0 Å². The molecule has 2 aliphatic rings. The summed E-state index contributed by atoms with van der Waals surface area (Å²) in [6, 6.07) is 0. The Bertz CT molecular complexity index is 255. The van der Waals surface area contributed by atoms with Crippen molar-refractivity contribution in [3.8, 4) is 0 Å². The SMILES string of the molecule is CC/C=C/C1CCC(C2CCC(OCC)CC2)CC1. The van der Waals surface area contributed by atoms with Crippen LogP contribution in [0.4, 0.5) is 0 Å². The molecular weight excluding hydrogens is 232 g/mol. The Morgan fingerprint density at radius 1 is 0.842 bits per heavy atom. The zero-order valence-electron chi connectivity index (χ0n) is 12.9. The van der Waals surface area contributed by atoms with Crippen LogP contribution in [0, 0.1) is 17.8 Å². The summed E-state index contributed by atoms with van der Waals surface area (Å²) in [5, 5.41) is 0. The zero-order valence-corrected chi connectivity index (χ0v) is 12.9. The van der Waals surface area contributed by atoms with Crippen LogP contribution in [0.15, 0.2) is 12.2 Å². The van der Waals surface area contributed by atoms with Crippen LogP contribution in [-0.2, 0) is 4.74 Å². The van der Waals surface area contributed by atoms with Crippen molar-refractivity contribution < 1.29 is 4.74 Å². The maximum Gasteiger partial charge on any atom is 0.0575 e. The summed E-state index contributed by atoms with van der Waals surface area (Å²) in [7, 11) is 0. The highest BCUT2D eigenvalue weighted by Crippen LogP contribution is 2.40. The molecule has 2 saturated carbocycles. The molecule has 0 aromatic carbocycles. The van der Waals surface area contributed by atoms with Crippen LogP contribution in [0.5, 0.6) is 0 Å². The van der Waals surface area contributed by atoms with Gasteiger partial charge in [0.2, 0.25) is 0 Å². The Labute approximate surface area is 119 Å². The van der Waals surface area contributed by atoms with E-state index in [4.69, 9.17) is 4.74 Å². The number of rotatable bonds is 5. The largest absolute Gasteiger partial charge is 0.379 e. The second-order valence-electron chi connectivity index (χ2n) is 6.50. The molecule has 0 bridgehead atoms. The van der Waals surface area contributed by atoms with E-state index < -0.39 is 0 Å². The number of ether oxygens (including phenoxy) is 1. The first-order valence-electron chi connectivity index (χ1n) is 8.61. The van der Waals surface area contributed by atoms with Gasteiger partial charge in [0.05, 0.1) is 6.10 Å². The lowest BCUT2D eigenvalue weighted by Gasteiger charge is -2.37. The van der Waals surface area contributed by atoms with Crippen molar-refractivity contribution in [1.29, 1.82) is 0 Å². The summed E-state index contributed by atoms with van der Waals surface area (Å²) < 4.78 is 5.77. The number of allylic oxidation sites excluding steroid dienone is 2. The van der Waals surface area contributed by atoms with E-state index in [1.165, 1.54) is 57.8 Å². The van der Waals surface area contributed by atoms with Crippen molar-refractivity contribution in [2.24, 2.45) is 17.8 Å². The van der Waals surface area contributed by atoms with Crippen molar-refractivity contribution in [2.75, 3.05) is 6.61 Å². The normalized spacial score (nSPS) is 36.7. The van der Waals surface area contributed by atoms with Crippen LogP contribution in [0.3, 0.4) is 0 Å². The minimum absolute atomic E-state index is 0.574. The van der Waals surface area contributed by atoms with Crippen LogP contribution in [0.2, 0.25) is 0 Å². The Hall–Kier alpha value is -0.300. The second-order valence-corrected chi connectivity index (χ2v) is 6.50. The van der Waals surface area contributed by atoms with E-state index in [0.29, 0.717) is 6.10 Å². The van der Waals surface area contributed by atoms with Crippen molar-refractivity contribution in [3.63, 3.8) is 0 Å². The third-order valence-electron chi connectivity index (χ3n) is 5.25. The van der Waals surface area contributed by atoms with Gasteiger partial charge < -0.3 is 4.74 Å². The molecule has 0 N–H and O–H groups in total. The third kappa shape index (κ3) is 4.63. The molecular formula is C18H32O. The predicted octanol–water partition coefficient (Wildman–Crippen LogP) is 5.35. The fourth-order valence-electron chi connectivity index (χ4n) is 4.10. The lowest BCUT2D eigenvalue weighted by Crippen LogP contribution is -2.28. The van der Waals surface area contributed by atoms with Gasteiger partial charge in [0.1, 0.15) is 0 Å². The molecule has 0 radical (unpaired) electrons. The molecule has 2 fully saturated rings. The molecule has 19 heavy (non-hydrogen) atoms. The zero-order chi connectivity index (χ0) is 13.5. The molecule has 0 saturated heterocycles. The van der Waals surface area contributed by atoms with Crippen molar-refractivity contribution in [2.45, 2.75) is 77.7 Å². The van der Waals surface area contributed by atoms with Crippen molar-refractivity contribution >= 4 is 0 Å². The van der Waals surface area contributed by atoms with Crippen LogP contribution in [0.1, 0.15) is 71.6 Å². The standard InChI is InChI=1S/C18H32O/c1-3-5-6-15-7-9-16(10-8-15)17-11-13-18(14-12-17)19-4-2/h5-6,15-18H,3-4,7-14H2,1-2H3/b6-5+. The van der Waals surface area contributed by atoms with Crippen molar-refractivity contribution in [3.05, 3.63) is 12.2 Å². The van der Waals surface area contributed by atoms with E-state index in [1.54, 1.807) is 0 Å². The molecule has 0 unspecified atom stereocenters. The van der Waals surface area contributed by atoms with Gasteiger partial charge in [0.25, 0.3) is 0 Å². The lowest BCUT2D eigenvalue weighted by molar-refractivity contribution is 0.0142. The highest BCUT2D eigenvalue weighted by Gasteiger charge is 2.30. The fourth-order valence-corrected chi connectivity index (χ4v) is 4.10. The average molecular weight is 264 g/mol. The van der Waals surface area contributed by atoms with Gasteiger partial charge in [-0.1, -0.05) is 19.1 Å². The topological polar surface area (TPSA) is 9.23 Å². The van der Waals surface area contributed by atoms with Gasteiger partial charge in [-0.25, -0.2) is 0 Å². The Balaban J connectivity index is 1.69. The maximum absolute atomic E-state index is 5.77. The quantitative estimate of drug-likeness (QED) is 0.608. The molecule has 0 aliphatic heterocycles. The van der Waals surface area contributed by atoms with Gasteiger partial charge in [-0.3, -0.25) is 0 Å². The number of hydrogen-bond donors (Lipinski definition) is 0. The van der Waals surface area contributed by atoms with Crippen molar-refractivity contribution in [1.82, 2.24) is 0 Å². The summed E-state index contributed by atoms with van der Waals surface area (Å²) in [5.41, 5.74) is 0. The monoisotopic (exact) mass is 264 g/mol. The van der Waals surface area contributed by atoms with E-state index >= 15 is 0 Å². The summed E-state index contributed by atoms with van der Waals surface area (Å²) in [4.78, 5) is 0. The van der Waals surface area contributed by atoms with Gasteiger partial charge in [-0.15, -0.1) is 0 Å². The summed E-state index contributed by atoms with van der Waals surface area (Å²) in [6.45, 7) is 5.25. The molecule has 0 aromatic heterocycles. The lowest BCUT2D eigenvalue weighted by atomic mass is 9.70. The molecule has 0 atom stereocenters. The second kappa shape index (κ2) is 8.09. The van der Waals surface area contributed by atoms with Gasteiger partial charge >= 0.3 is 0 Å². The van der Waals surface area contributed by atoms with E-state index in [0.717, 1.165) is 24.4 Å². The van der Waals surface area contributed by atoms with Crippen LogP contribution < -0.4 is 0 Å². The van der Waals surface area contributed by atoms with Crippen LogP contribution in [-0.4, -0.2) is 12.7 Å². The molecule has 0 heterocycles. The Morgan fingerprint density at radius 3 is 1.95 bits per heavy atom.